The van der Waals surface area contributed by atoms with Crippen LogP contribution in [0.25, 0.3) is 54.6 Å². The van der Waals surface area contributed by atoms with Gasteiger partial charge in [0.15, 0.2) is 0 Å². The minimum absolute atomic E-state index is 0.654. The molecule has 166 valence electrons. The van der Waals surface area contributed by atoms with Gasteiger partial charge in [0, 0.05) is 5.56 Å². The lowest BCUT2D eigenvalue weighted by molar-refractivity contribution is 0.348. The van der Waals surface area contributed by atoms with Crippen LogP contribution in [0.5, 0.6) is 0 Å². The van der Waals surface area contributed by atoms with E-state index in [1.165, 1.54) is 54.6 Å². The maximum atomic E-state index is 5.85. The van der Waals surface area contributed by atoms with Gasteiger partial charge in [-0.05, 0) is 60.6 Å². The smallest absolute Gasteiger partial charge is 0.216 e. The molecular weight excluding hydrogens is 426 g/mol. The van der Waals surface area contributed by atoms with Gasteiger partial charge in [-0.15, -0.1) is 0 Å². The van der Waals surface area contributed by atoms with Crippen molar-refractivity contribution in [3.63, 3.8) is 0 Å². The van der Waals surface area contributed by atoms with Gasteiger partial charge in [-0.3, -0.25) is 0 Å². The van der Waals surface area contributed by atoms with Crippen LogP contribution in [0.2, 0.25) is 0 Å². The van der Waals surface area contributed by atoms with E-state index in [0.717, 1.165) is 18.0 Å². The summed E-state index contributed by atoms with van der Waals surface area (Å²) in [7, 11) is 0. The normalized spacial score (nSPS) is 13.3. The van der Waals surface area contributed by atoms with Gasteiger partial charge in [-0.1, -0.05) is 109 Å². The number of fused-ring (bicyclic) bond motifs is 3. The van der Waals surface area contributed by atoms with Crippen molar-refractivity contribution in [2.45, 2.75) is 0 Å². The molecule has 6 aromatic rings. The zero-order valence-electron chi connectivity index (χ0n) is 19.2. The Labute approximate surface area is 204 Å². The first kappa shape index (κ1) is 20.0. The first-order valence-electron chi connectivity index (χ1n) is 12.1. The summed E-state index contributed by atoms with van der Waals surface area (Å²) in [6.07, 6.45) is 0. The molecular formula is C33H23NO. The molecule has 1 aliphatic rings. The molecule has 0 radical (unpaired) electrons. The number of aliphatic imine (C=N–C) groups is 1. The summed E-state index contributed by atoms with van der Waals surface area (Å²) in [4.78, 5) is 4.60. The lowest BCUT2D eigenvalue weighted by atomic mass is 9.84. The Hall–Kier alpha value is -4.43. The van der Waals surface area contributed by atoms with Gasteiger partial charge in [0.1, 0.15) is 6.61 Å². The first-order valence-corrected chi connectivity index (χ1v) is 12.1. The third-order valence-electron chi connectivity index (χ3n) is 7.00. The van der Waals surface area contributed by atoms with E-state index < -0.39 is 0 Å². The summed E-state index contributed by atoms with van der Waals surface area (Å²) >= 11 is 0. The minimum Gasteiger partial charge on any atom is -0.475 e. The Bertz CT molecular complexity index is 1710. The highest BCUT2D eigenvalue weighted by atomic mass is 16.5. The number of rotatable bonds is 3. The van der Waals surface area contributed by atoms with Crippen LogP contribution in [-0.2, 0) is 4.74 Å². The second kappa shape index (κ2) is 8.11. The standard InChI is InChI=1S/C33H23NO/c1-2-10-22(11-3-1)31-25-14-6-8-16-27(25)32(28-17-9-7-15-26(28)31)29-18-19-30(33-34-20-21-35-33)24-13-5-4-12-23(24)29/h1-19H,20-21H2. The van der Waals surface area contributed by atoms with Crippen LogP contribution in [0.4, 0.5) is 0 Å². The zero-order chi connectivity index (χ0) is 23.2. The third-order valence-corrected chi connectivity index (χ3v) is 7.00. The van der Waals surface area contributed by atoms with E-state index in [9.17, 15) is 0 Å². The second-order valence-corrected chi connectivity index (χ2v) is 8.95. The fraction of sp³-hybridized carbons (Fsp3) is 0.0606. The van der Waals surface area contributed by atoms with E-state index in [2.05, 4.69) is 120 Å². The monoisotopic (exact) mass is 449 g/mol. The molecule has 0 unspecified atom stereocenters. The summed E-state index contributed by atoms with van der Waals surface area (Å²) in [5.41, 5.74) is 6.09. The predicted octanol–water partition coefficient (Wildman–Crippen LogP) is 8.26. The van der Waals surface area contributed by atoms with Gasteiger partial charge in [-0.25, -0.2) is 4.99 Å². The zero-order valence-corrected chi connectivity index (χ0v) is 19.2. The van der Waals surface area contributed by atoms with Crippen LogP contribution in [0.15, 0.2) is 120 Å². The molecule has 2 heteroatoms. The van der Waals surface area contributed by atoms with Crippen LogP contribution < -0.4 is 0 Å². The molecule has 0 amide bonds. The summed E-state index contributed by atoms with van der Waals surface area (Å²) in [5.74, 6) is 0.752. The second-order valence-electron chi connectivity index (χ2n) is 8.95. The van der Waals surface area contributed by atoms with Gasteiger partial charge in [0.25, 0.3) is 0 Å². The molecule has 0 bridgehead atoms. The molecule has 0 N–H and O–H groups in total. The molecule has 0 aromatic heterocycles. The Balaban J connectivity index is 1.62. The molecule has 35 heavy (non-hydrogen) atoms. The van der Waals surface area contributed by atoms with Gasteiger partial charge in [-0.2, -0.15) is 0 Å². The lowest BCUT2D eigenvalue weighted by Gasteiger charge is -2.19. The molecule has 0 saturated heterocycles. The van der Waals surface area contributed by atoms with Crippen molar-refractivity contribution in [2.75, 3.05) is 13.2 Å². The molecule has 0 spiro atoms. The van der Waals surface area contributed by atoms with Crippen LogP contribution in [0, 0.1) is 0 Å². The predicted molar refractivity (Wildman–Crippen MR) is 147 cm³/mol. The van der Waals surface area contributed by atoms with E-state index in [-0.39, 0.29) is 0 Å². The topological polar surface area (TPSA) is 21.6 Å². The summed E-state index contributed by atoms with van der Waals surface area (Å²) in [6, 6.07) is 41.4. The molecule has 1 heterocycles. The van der Waals surface area contributed by atoms with Crippen molar-refractivity contribution in [2.24, 2.45) is 4.99 Å². The average molecular weight is 450 g/mol. The summed E-state index contributed by atoms with van der Waals surface area (Å²) in [6.45, 7) is 1.38. The maximum Gasteiger partial charge on any atom is 0.216 e. The van der Waals surface area contributed by atoms with E-state index >= 15 is 0 Å². The Morgan fingerprint density at radius 1 is 0.457 bits per heavy atom. The van der Waals surface area contributed by atoms with Crippen molar-refractivity contribution >= 4 is 38.2 Å². The van der Waals surface area contributed by atoms with Crippen molar-refractivity contribution in [1.82, 2.24) is 0 Å². The van der Waals surface area contributed by atoms with Crippen LogP contribution in [-0.4, -0.2) is 19.0 Å². The highest BCUT2D eigenvalue weighted by Crippen LogP contribution is 2.45. The summed E-state index contributed by atoms with van der Waals surface area (Å²) < 4.78 is 5.85. The molecule has 6 aromatic carbocycles. The van der Waals surface area contributed by atoms with Crippen LogP contribution in [0.1, 0.15) is 5.56 Å². The van der Waals surface area contributed by atoms with Crippen molar-refractivity contribution in [3.05, 3.63) is 121 Å². The average Bonchev–Trinajstić information content (AvgIpc) is 3.47. The van der Waals surface area contributed by atoms with E-state index in [0.29, 0.717) is 6.61 Å². The number of hydrogen-bond acceptors (Lipinski definition) is 2. The van der Waals surface area contributed by atoms with Gasteiger partial charge >= 0.3 is 0 Å². The van der Waals surface area contributed by atoms with Crippen molar-refractivity contribution in [1.29, 1.82) is 0 Å². The molecule has 0 atom stereocenters. The lowest BCUT2D eigenvalue weighted by Crippen LogP contribution is -2.02. The van der Waals surface area contributed by atoms with E-state index in [1.807, 2.05) is 0 Å². The van der Waals surface area contributed by atoms with Gasteiger partial charge in [0.05, 0.1) is 6.54 Å². The highest BCUT2D eigenvalue weighted by molar-refractivity contribution is 6.24. The Morgan fingerprint density at radius 3 is 1.51 bits per heavy atom. The van der Waals surface area contributed by atoms with Crippen molar-refractivity contribution < 1.29 is 4.74 Å². The van der Waals surface area contributed by atoms with Gasteiger partial charge < -0.3 is 4.74 Å². The fourth-order valence-corrected chi connectivity index (χ4v) is 5.54. The molecule has 2 nitrogen and oxygen atoms in total. The Morgan fingerprint density at radius 2 is 0.943 bits per heavy atom. The maximum absolute atomic E-state index is 5.85. The number of ether oxygens (including phenoxy) is 1. The first-order chi connectivity index (χ1) is 17.4. The van der Waals surface area contributed by atoms with Crippen molar-refractivity contribution in [3.8, 4) is 22.3 Å². The molecule has 7 rings (SSSR count). The van der Waals surface area contributed by atoms with Crippen LogP contribution in [0.3, 0.4) is 0 Å². The molecule has 1 aliphatic heterocycles. The largest absolute Gasteiger partial charge is 0.475 e. The molecule has 0 fully saturated rings. The third kappa shape index (κ3) is 3.14. The number of hydrogen-bond donors (Lipinski definition) is 0. The molecule has 0 aliphatic carbocycles. The van der Waals surface area contributed by atoms with Gasteiger partial charge in [0.2, 0.25) is 5.90 Å². The van der Waals surface area contributed by atoms with E-state index in [4.69, 9.17) is 4.74 Å². The highest BCUT2D eigenvalue weighted by Gasteiger charge is 2.20. The SMILES string of the molecule is c1ccc(-c2c3ccccc3c(-c3ccc(C4=NCCO4)c4ccccc34)c3ccccc23)cc1. The number of benzene rings is 6. The minimum atomic E-state index is 0.654. The molecule has 0 saturated carbocycles. The quantitative estimate of drug-likeness (QED) is 0.249. The van der Waals surface area contributed by atoms with Crippen LogP contribution >= 0.6 is 0 Å². The Kier molecular flexibility index (Phi) is 4.63. The summed E-state index contributed by atoms with van der Waals surface area (Å²) in [5, 5.41) is 7.44. The number of nitrogens with zero attached hydrogens (tertiary/aromatic N) is 1. The van der Waals surface area contributed by atoms with E-state index in [1.54, 1.807) is 0 Å². The fourth-order valence-electron chi connectivity index (χ4n) is 5.54.